The summed E-state index contributed by atoms with van der Waals surface area (Å²) in [4.78, 5) is 35.2. The normalized spacial score (nSPS) is 10.7. The largest absolute Gasteiger partial charge is 0.493 e. The van der Waals surface area contributed by atoms with Crippen molar-refractivity contribution in [1.29, 1.82) is 0 Å². The van der Waals surface area contributed by atoms with Gasteiger partial charge in [-0.2, -0.15) is 0 Å². The van der Waals surface area contributed by atoms with Crippen LogP contribution in [0.5, 0.6) is 69.0 Å². The second kappa shape index (κ2) is 50.3. The molecule has 48 heteroatoms. The average molecular weight is 1560 g/mol. The quantitative estimate of drug-likeness (QED) is 0.0149. The second-order valence-corrected chi connectivity index (χ2v) is 23.1. The Balaban J connectivity index is 1.77. The zero-order valence-corrected chi connectivity index (χ0v) is 61.1. The molecule has 0 unspecified atom stereocenters. The molecule has 0 N–H and O–H groups in total. The van der Waals surface area contributed by atoms with Crippen molar-refractivity contribution in [3.63, 3.8) is 0 Å². The second-order valence-electron chi connectivity index (χ2n) is 23.1. The first-order chi connectivity index (χ1) is 56.1. The van der Waals surface area contributed by atoms with Gasteiger partial charge in [-0.15, -0.1) is 0 Å². The van der Waals surface area contributed by atoms with Gasteiger partial charge in [-0.3, -0.25) is 0 Å². The highest BCUT2D eigenvalue weighted by Crippen LogP contribution is 2.46. The van der Waals surface area contributed by atoms with E-state index in [1.807, 2.05) is 0 Å². The number of rotatable bonds is 48. The molecule has 48 nitrogen and oxygen atoms in total. The van der Waals surface area contributed by atoms with Crippen LogP contribution in [0.25, 0.3) is 125 Å². The molecule has 0 aromatic heterocycles. The smallest absolute Gasteiger partial charge is 0.126 e. The Morgan fingerprint density at radius 1 is 0.167 bits per heavy atom. The Kier molecular flexibility index (Phi) is 37.9. The van der Waals surface area contributed by atoms with E-state index in [0.29, 0.717) is 66.8 Å². The predicted octanol–water partition coefficient (Wildman–Crippen LogP) is 17.8. The molecule has 0 aliphatic heterocycles. The fraction of sp³-hybridized carbons (Fsp3) is 0.455. The van der Waals surface area contributed by atoms with Gasteiger partial charge in [0, 0.05) is 164 Å². The number of nitrogens with zero attached hydrogens (tertiary/aromatic N) is 36. The zero-order chi connectivity index (χ0) is 81.0. The Labute approximate surface area is 646 Å². The Hall–Kier alpha value is -15.4. The molecule has 0 spiro atoms. The number of ether oxygens (including phenoxy) is 12. The van der Waals surface area contributed by atoms with Gasteiger partial charge in [0.25, 0.3) is 0 Å². The van der Waals surface area contributed by atoms with E-state index in [-0.39, 0.29) is 265 Å². The topological polar surface area (TPSA) is 696 Å². The van der Waals surface area contributed by atoms with Crippen molar-refractivity contribution in [2.45, 2.75) is 38.5 Å². The van der Waals surface area contributed by atoms with Gasteiger partial charge < -0.3 is 56.8 Å². The molecule has 12 bridgehead atoms. The van der Waals surface area contributed by atoms with Crippen molar-refractivity contribution in [2.24, 2.45) is 61.4 Å². The molecule has 0 radical (unpaired) electrons. The summed E-state index contributed by atoms with van der Waals surface area (Å²) in [5.41, 5.74) is 118. The lowest BCUT2D eigenvalue weighted by Crippen LogP contribution is -2.13. The van der Waals surface area contributed by atoms with Gasteiger partial charge in [0.1, 0.15) is 69.0 Å². The molecule has 588 valence electrons. The Bertz CT molecular complexity index is 4010. The summed E-state index contributed by atoms with van der Waals surface area (Å²) >= 11 is 0. The lowest BCUT2D eigenvalue weighted by atomic mass is 9.90. The van der Waals surface area contributed by atoms with Crippen molar-refractivity contribution >= 4 is 0 Å². The summed E-state index contributed by atoms with van der Waals surface area (Å²) in [5, 5.41) is 44.8. The molecule has 6 aromatic carbocycles. The Morgan fingerprint density at radius 3 is 0.360 bits per heavy atom. The summed E-state index contributed by atoms with van der Waals surface area (Å²) in [6.07, 6.45) is -0.919. The predicted molar refractivity (Wildman–Crippen MR) is 410 cm³/mol. The van der Waals surface area contributed by atoms with Gasteiger partial charge in [-0.05, 0) is 139 Å². The van der Waals surface area contributed by atoms with E-state index < -0.39 is 0 Å². The van der Waals surface area contributed by atoms with Gasteiger partial charge in [-0.25, -0.2) is 0 Å². The van der Waals surface area contributed by atoms with Gasteiger partial charge in [-0.1, -0.05) is 61.4 Å². The molecule has 0 amide bonds. The molecule has 0 saturated heterocycles. The standard InChI is InChI=1S/C66H72N36O12/c67-91-79-1-13-103-55-31-43-25-45-33-56(104-14-2-80-92-68)35-47(62(45)110-20-8-86-98-74)27-49-37-58(106-16-4-82-94-70)39-51(64(49)112-22-10-88-100-76)29-53-41-60(108-18-6-84-96-72)42-54(66(53)114-24-12-90-102-78)30-52-40-59(107-17-5-83-95-71)38-50(65(52)113-23-11-89-101-77)28-48-36-57(105-15-3-81-93-69)34-46(63(48)111-21-9-87-99-75)26-44(32-55)61(43)109-19-7-85-97-73/h31-42H,1-30H2. The summed E-state index contributed by atoms with van der Waals surface area (Å²) in [7, 11) is 0. The van der Waals surface area contributed by atoms with Crippen LogP contribution < -0.4 is 56.8 Å². The number of fused-ring (bicyclic) bond motifs is 12. The maximum atomic E-state index is 9.58. The van der Waals surface area contributed by atoms with E-state index >= 15 is 0 Å². The van der Waals surface area contributed by atoms with Crippen LogP contribution in [0.4, 0.5) is 0 Å². The molecule has 114 heavy (non-hydrogen) atoms. The molecule has 1 aliphatic carbocycles. The van der Waals surface area contributed by atoms with Gasteiger partial charge in [0.05, 0.1) is 158 Å². The van der Waals surface area contributed by atoms with Crippen LogP contribution in [0.1, 0.15) is 66.8 Å². The first kappa shape index (κ1) is 85.9. The number of hydrogen-bond donors (Lipinski definition) is 0. The van der Waals surface area contributed by atoms with Crippen LogP contribution in [0, 0.1) is 0 Å². The fourth-order valence-corrected chi connectivity index (χ4v) is 11.6. The van der Waals surface area contributed by atoms with Crippen LogP contribution in [-0.4, -0.2) is 158 Å². The van der Waals surface area contributed by atoms with Crippen molar-refractivity contribution in [1.82, 2.24) is 0 Å². The zero-order valence-electron chi connectivity index (χ0n) is 61.1. The van der Waals surface area contributed by atoms with Gasteiger partial charge >= 0.3 is 0 Å². The van der Waals surface area contributed by atoms with Crippen LogP contribution in [0.2, 0.25) is 0 Å². The average Bonchev–Trinajstić information content (AvgIpc) is 0.782. The minimum absolute atomic E-state index is 0.123. The third-order valence-corrected chi connectivity index (χ3v) is 15.7. The number of benzene rings is 6. The van der Waals surface area contributed by atoms with E-state index in [1.54, 1.807) is 72.8 Å². The first-order valence-corrected chi connectivity index (χ1v) is 34.7. The third-order valence-electron chi connectivity index (χ3n) is 15.7. The summed E-state index contributed by atoms with van der Waals surface area (Å²) in [5.74, 6) is 2.40. The first-order valence-electron chi connectivity index (χ1n) is 34.7. The van der Waals surface area contributed by atoms with Crippen LogP contribution in [0.15, 0.2) is 134 Å². The maximum absolute atomic E-state index is 9.58. The van der Waals surface area contributed by atoms with Crippen LogP contribution in [-0.2, 0) is 38.5 Å². The lowest BCUT2D eigenvalue weighted by Gasteiger charge is -2.24. The third kappa shape index (κ3) is 28.3. The SMILES string of the molecule is [N-]=[N+]=NCCOc1cc2c(OCCN=[N+]=[N-])c(c1)Cc1cc(OCCN=[N+]=[N-])cc(c1OCCN=[N+]=[N-])Cc1cc(OCCN=[N+]=[N-])cc(c1OCCN=[N+]=[N-])Cc1cc(OCCN=[N+]=[N-])cc(c1OCCN=[N+]=[N-])Cc1cc(OCCN=[N+]=[N-])cc(c1OCCN=[N+]=[N-])Cc1cc(OCCN=[N+]=[N-])cc(c1OCCN=[N+]=[N-])C2. The molecule has 7 rings (SSSR count). The molecule has 0 atom stereocenters. The van der Waals surface area contributed by atoms with E-state index in [4.69, 9.17) is 56.8 Å². The van der Waals surface area contributed by atoms with Crippen molar-refractivity contribution in [2.75, 3.05) is 158 Å². The van der Waals surface area contributed by atoms with Gasteiger partial charge in [0.15, 0.2) is 0 Å². The molecule has 0 saturated carbocycles. The van der Waals surface area contributed by atoms with Crippen LogP contribution in [0.3, 0.4) is 0 Å². The minimum Gasteiger partial charge on any atom is -0.493 e. The molecule has 6 aromatic rings. The monoisotopic (exact) mass is 1560 g/mol. The fourth-order valence-electron chi connectivity index (χ4n) is 11.6. The van der Waals surface area contributed by atoms with Crippen molar-refractivity contribution in [3.05, 3.63) is 265 Å². The van der Waals surface area contributed by atoms with E-state index in [2.05, 4.69) is 120 Å². The van der Waals surface area contributed by atoms with E-state index in [9.17, 15) is 66.4 Å². The van der Waals surface area contributed by atoms with Gasteiger partial charge in [0.2, 0.25) is 0 Å². The van der Waals surface area contributed by atoms with Crippen molar-refractivity contribution in [3.8, 4) is 69.0 Å². The number of hydrogen-bond acceptors (Lipinski definition) is 24. The summed E-state index contributed by atoms with van der Waals surface area (Å²) < 4.78 is 79.1. The molecule has 0 fully saturated rings. The highest BCUT2D eigenvalue weighted by molar-refractivity contribution is 5.62. The van der Waals surface area contributed by atoms with E-state index in [0.717, 1.165) is 0 Å². The minimum atomic E-state index is -0.218. The summed E-state index contributed by atoms with van der Waals surface area (Å²) in [6.45, 7) is -4.00. The highest BCUT2D eigenvalue weighted by Gasteiger charge is 2.28. The van der Waals surface area contributed by atoms with Crippen LogP contribution >= 0.6 is 0 Å². The van der Waals surface area contributed by atoms with E-state index in [1.165, 1.54) is 0 Å². The number of azide groups is 12. The Morgan fingerprint density at radius 2 is 0.263 bits per heavy atom. The summed E-state index contributed by atoms with van der Waals surface area (Å²) in [6, 6.07) is 20.1. The lowest BCUT2D eigenvalue weighted by molar-refractivity contribution is 0.306. The molecular formula is C66H72N36O12. The maximum Gasteiger partial charge on any atom is 0.126 e. The highest BCUT2D eigenvalue weighted by atomic mass is 16.5. The molecule has 1 aliphatic rings. The van der Waals surface area contributed by atoms with Crippen molar-refractivity contribution < 1.29 is 56.8 Å². The molecular weight excluding hydrogens is 1490 g/mol. The molecule has 0 heterocycles.